The van der Waals surface area contributed by atoms with Gasteiger partial charge < -0.3 is 14.7 Å². The number of carbonyl (C=O) groups is 2. The second-order valence-electron chi connectivity index (χ2n) is 4.61. The average Bonchev–Trinajstić information content (AvgIpc) is 2.46. The minimum absolute atomic E-state index is 0.221. The predicted octanol–water partition coefficient (Wildman–Crippen LogP) is 2.83. The van der Waals surface area contributed by atoms with Gasteiger partial charge in [-0.25, -0.2) is 4.79 Å². The molecule has 116 valence electrons. The highest BCUT2D eigenvalue weighted by Crippen LogP contribution is 2.24. The van der Waals surface area contributed by atoms with E-state index in [0.29, 0.717) is 16.6 Å². The molecule has 21 heavy (non-hydrogen) atoms. The number of rotatable bonds is 6. The van der Waals surface area contributed by atoms with Gasteiger partial charge in [-0.05, 0) is 31.5 Å². The number of methoxy groups -OCH3 is 1. The molecule has 0 bridgehead atoms. The van der Waals surface area contributed by atoms with E-state index in [1.807, 2.05) is 0 Å². The fourth-order valence-electron chi connectivity index (χ4n) is 1.75. The number of hydrogen-bond acceptors (Lipinski definition) is 3. The van der Waals surface area contributed by atoms with E-state index in [1.165, 1.54) is 18.9 Å². The minimum Gasteiger partial charge on any atom is -0.479 e. The fourth-order valence-corrected chi connectivity index (χ4v) is 2.07. The summed E-state index contributed by atoms with van der Waals surface area (Å²) >= 11 is 11.8. The van der Waals surface area contributed by atoms with E-state index < -0.39 is 17.5 Å². The lowest BCUT2D eigenvalue weighted by Gasteiger charge is -2.30. The molecule has 1 N–H and O–H groups in total. The van der Waals surface area contributed by atoms with E-state index >= 15 is 0 Å². The van der Waals surface area contributed by atoms with E-state index in [0.717, 1.165) is 5.56 Å². The number of nitrogens with zero attached hydrogens (tertiary/aromatic N) is 1. The number of carboxylic acids is 1. The molecular weight excluding hydrogens is 317 g/mol. The number of carboxylic acid groups (broad SMARTS) is 1. The Morgan fingerprint density at radius 2 is 1.95 bits per heavy atom. The lowest BCUT2D eigenvalue weighted by atomic mass is 10.0. The zero-order valence-electron chi connectivity index (χ0n) is 12.0. The van der Waals surface area contributed by atoms with Gasteiger partial charge in [0.05, 0.1) is 10.0 Å². The molecule has 0 saturated heterocycles. The lowest BCUT2D eigenvalue weighted by Crippen LogP contribution is -2.53. The first kappa shape index (κ1) is 17.8. The maximum Gasteiger partial charge on any atom is 0.345 e. The molecule has 0 saturated carbocycles. The molecule has 1 aromatic rings. The summed E-state index contributed by atoms with van der Waals surface area (Å²) in [5, 5.41) is 9.98. The Kier molecular flexibility index (Phi) is 6.01. The van der Waals surface area contributed by atoms with Crippen molar-refractivity contribution < 1.29 is 19.4 Å². The molecule has 0 aliphatic heterocycles. The smallest absolute Gasteiger partial charge is 0.345 e. The highest BCUT2D eigenvalue weighted by molar-refractivity contribution is 6.42. The standard InChI is InChI=1S/C14H17Cl2NO4/c1-4-17(12(18)14(2,21-3)13(19)20)8-9-5-6-10(15)11(16)7-9/h5-7H,4,8H2,1-3H3,(H,19,20). The topological polar surface area (TPSA) is 66.8 Å². The van der Waals surface area contributed by atoms with Crippen LogP contribution in [-0.4, -0.2) is 41.1 Å². The fraction of sp³-hybridized carbons (Fsp3) is 0.429. The lowest BCUT2D eigenvalue weighted by molar-refractivity contribution is -0.173. The van der Waals surface area contributed by atoms with Crippen LogP contribution in [0.4, 0.5) is 0 Å². The van der Waals surface area contributed by atoms with E-state index in [-0.39, 0.29) is 6.54 Å². The second-order valence-corrected chi connectivity index (χ2v) is 5.42. The molecule has 1 atom stereocenters. The quantitative estimate of drug-likeness (QED) is 0.813. The number of carbonyl (C=O) groups excluding carboxylic acids is 1. The third kappa shape index (κ3) is 3.87. The molecule has 0 aliphatic rings. The zero-order valence-corrected chi connectivity index (χ0v) is 13.5. The third-order valence-corrected chi connectivity index (χ3v) is 3.99. The summed E-state index contributed by atoms with van der Waals surface area (Å²) in [5.41, 5.74) is -1.16. The number of amides is 1. The highest BCUT2D eigenvalue weighted by Gasteiger charge is 2.44. The van der Waals surface area contributed by atoms with Gasteiger partial charge in [0, 0.05) is 20.2 Å². The van der Waals surface area contributed by atoms with Crippen molar-refractivity contribution in [1.29, 1.82) is 0 Å². The number of likely N-dealkylation sites (N-methyl/N-ethyl adjacent to an activating group) is 1. The Morgan fingerprint density at radius 1 is 1.33 bits per heavy atom. The van der Waals surface area contributed by atoms with Crippen LogP contribution in [0.15, 0.2) is 18.2 Å². The van der Waals surface area contributed by atoms with Crippen molar-refractivity contribution in [2.75, 3.05) is 13.7 Å². The van der Waals surface area contributed by atoms with Crippen LogP contribution in [0.1, 0.15) is 19.4 Å². The molecule has 0 spiro atoms. The van der Waals surface area contributed by atoms with Crippen molar-refractivity contribution in [3.05, 3.63) is 33.8 Å². The molecule has 1 aromatic carbocycles. The Labute approximate surface area is 133 Å². The summed E-state index contributed by atoms with van der Waals surface area (Å²) in [6, 6.07) is 5.00. The van der Waals surface area contributed by atoms with Crippen LogP contribution in [0.5, 0.6) is 0 Å². The number of aliphatic carboxylic acids is 1. The molecule has 1 rings (SSSR count). The van der Waals surface area contributed by atoms with Gasteiger partial charge in [-0.3, -0.25) is 4.79 Å². The maximum absolute atomic E-state index is 12.4. The van der Waals surface area contributed by atoms with Gasteiger partial charge in [-0.2, -0.15) is 0 Å². The van der Waals surface area contributed by atoms with Crippen LogP contribution in [0.2, 0.25) is 10.0 Å². The van der Waals surface area contributed by atoms with E-state index in [9.17, 15) is 14.7 Å². The van der Waals surface area contributed by atoms with Crippen LogP contribution in [0.25, 0.3) is 0 Å². The normalized spacial score (nSPS) is 13.6. The zero-order chi connectivity index (χ0) is 16.2. The van der Waals surface area contributed by atoms with Gasteiger partial charge in [0.15, 0.2) is 0 Å². The van der Waals surface area contributed by atoms with Crippen LogP contribution in [0, 0.1) is 0 Å². The summed E-state index contributed by atoms with van der Waals surface area (Å²) in [7, 11) is 1.19. The van der Waals surface area contributed by atoms with Crippen molar-refractivity contribution >= 4 is 35.1 Å². The van der Waals surface area contributed by atoms with Crippen LogP contribution >= 0.6 is 23.2 Å². The summed E-state index contributed by atoms with van der Waals surface area (Å²) in [6.07, 6.45) is 0. The van der Waals surface area contributed by atoms with Gasteiger partial charge >= 0.3 is 5.97 Å². The minimum atomic E-state index is -1.91. The van der Waals surface area contributed by atoms with Crippen molar-refractivity contribution in [1.82, 2.24) is 4.90 Å². The summed E-state index contributed by atoms with van der Waals surface area (Å²) < 4.78 is 4.89. The first-order valence-corrected chi connectivity index (χ1v) is 7.03. The van der Waals surface area contributed by atoms with Gasteiger partial charge in [-0.15, -0.1) is 0 Å². The Hall–Kier alpha value is -1.30. The van der Waals surface area contributed by atoms with Crippen LogP contribution in [0.3, 0.4) is 0 Å². The molecule has 0 heterocycles. The Morgan fingerprint density at radius 3 is 2.38 bits per heavy atom. The molecule has 1 amide bonds. The average molecular weight is 334 g/mol. The van der Waals surface area contributed by atoms with Crippen LogP contribution in [-0.2, 0) is 20.9 Å². The van der Waals surface area contributed by atoms with Gasteiger partial charge in [0.2, 0.25) is 5.60 Å². The van der Waals surface area contributed by atoms with Crippen molar-refractivity contribution in [2.45, 2.75) is 26.0 Å². The largest absolute Gasteiger partial charge is 0.479 e. The molecular formula is C14H17Cl2NO4. The Balaban J connectivity index is 3.00. The summed E-state index contributed by atoms with van der Waals surface area (Å²) in [6.45, 7) is 3.55. The molecule has 0 fully saturated rings. The van der Waals surface area contributed by atoms with E-state index in [2.05, 4.69) is 0 Å². The first-order chi connectivity index (χ1) is 9.76. The second kappa shape index (κ2) is 7.11. The third-order valence-electron chi connectivity index (χ3n) is 3.25. The molecule has 1 unspecified atom stereocenters. The van der Waals surface area contributed by atoms with Crippen molar-refractivity contribution in [3.63, 3.8) is 0 Å². The monoisotopic (exact) mass is 333 g/mol. The molecule has 7 heteroatoms. The molecule has 0 aromatic heterocycles. The van der Waals surface area contributed by atoms with Gasteiger partial charge in [0.25, 0.3) is 5.91 Å². The molecule has 5 nitrogen and oxygen atoms in total. The highest BCUT2D eigenvalue weighted by atomic mass is 35.5. The van der Waals surface area contributed by atoms with Crippen molar-refractivity contribution in [2.24, 2.45) is 0 Å². The number of hydrogen-bond donors (Lipinski definition) is 1. The first-order valence-electron chi connectivity index (χ1n) is 6.28. The predicted molar refractivity (Wildman–Crippen MR) is 80.6 cm³/mol. The van der Waals surface area contributed by atoms with Gasteiger partial charge in [-0.1, -0.05) is 29.3 Å². The Bertz CT molecular complexity index is 550. The van der Waals surface area contributed by atoms with Gasteiger partial charge in [0.1, 0.15) is 0 Å². The van der Waals surface area contributed by atoms with E-state index in [1.54, 1.807) is 25.1 Å². The number of ether oxygens (including phenoxy) is 1. The van der Waals surface area contributed by atoms with Crippen LogP contribution < -0.4 is 0 Å². The molecule has 0 radical (unpaired) electrons. The van der Waals surface area contributed by atoms with E-state index in [4.69, 9.17) is 27.9 Å². The SMILES string of the molecule is CCN(Cc1ccc(Cl)c(Cl)c1)C(=O)C(C)(OC)C(=O)O. The number of benzene rings is 1. The maximum atomic E-state index is 12.4. The van der Waals surface area contributed by atoms with Crippen molar-refractivity contribution in [3.8, 4) is 0 Å². The number of halogens is 2. The summed E-state index contributed by atoms with van der Waals surface area (Å²) in [4.78, 5) is 25.0. The molecule has 0 aliphatic carbocycles. The summed E-state index contributed by atoms with van der Waals surface area (Å²) in [5.74, 6) is -1.95.